The molecule has 0 aromatic heterocycles. The van der Waals surface area contributed by atoms with Gasteiger partial charge < -0.3 is 29.2 Å². The molecule has 0 spiro atoms. The van der Waals surface area contributed by atoms with E-state index in [0.29, 0.717) is 17.9 Å². The lowest BCUT2D eigenvalue weighted by atomic mass is 10.1. The zero-order valence-electron chi connectivity index (χ0n) is 27.1. The molecule has 0 radical (unpaired) electrons. The van der Waals surface area contributed by atoms with E-state index in [1.807, 2.05) is 45.0 Å². The molecule has 0 aliphatic rings. The van der Waals surface area contributed by atoms with E-state index in [1.165, 1.54) is 57.6 Å². The molecule has 11 nitrogen and oxygen atoms in total. The second-order valence-electron chi connectivity index (χ2n) is 10.6. The van der Waals surface area contributed by atoms with Crippen molar-refractivity contribution < 1.29 is 37.0 Å². The van der Waals surface area contributed by atoms with Gasteiger partial charge in [0.25, 0.3) is 10.0 Å². The Morgan fingerprint density at radius 3 is 2.02 bits per heavy atom. The van der Waals surface area contributed by atoms with Gasteiger partial charge in [-0.05, 0) is 57.0 Å². The molecular weight excluding hydrogens is 598 g/mol. The summed E-state index contributed by atoms with van der Waals surface area (Å²) in [5.74, 6) is 0.125. The van der Waals surface area contributed by atoms with Crippen molar-refractivity contribution in [1.29, 1.82) is 0 Å². The quantitative estimate of drug-likeness (QED) is 0.256. The molecule has 1 N–H and O–H groups in total. The molecule has 2 unspecified atom stereocenters. The summed E-state index contributed by atoms with van der Waals surface area (Å²) < 4.78 is 51.3. The van der Waals surface area contributed by atoms with Crippen LogP contribution in [0.4, 0.5) is 5.69 Å². The number of methoxy groups -OCH3 is 4. The first kappa shape index (κ1) is 35.0. The first-order valence-electron chi connectivity index (χ1n) is 14.5. The van der Waals surface area contributed by atoms with Crippen molar-refractivity contribution in [1.82, 2.24) is 10.2 Å². The first-order chi connectivity index (χ1) is 21.4. The summed E-state index contributed by atoms with van der Waals surface area (Å²) in [5, 5.41) is 2.93. The van der Waals surface area contributed by atoms with Gasteiger partial charge in [0, 0.05) is 24.7 Å². The number of aryl methyl sites for hydroxylation is 1. The smallest absolute Gasteiger partial charge is 0.265 e. The maximum Gasteiger partial charge on any atom is 0.265 e. The van der Waals surface area contributed by atoms with Crippen LogP contribution in [0.5, 0.6) is 23.0 Å². The molecule has 0 bridgehead atoms. The predicted octanol–water partition coefficient (Wildman–Crippen LogP) is 4.56. The average Bonchev–Trinajstić information content (AvgIpc) is 3.05. The largest absolute Gasteiger partial charge is 0.497 e. The van der Waals surface area contributed by atoms with Crippen LogP contribution in [0.1, 0.15) is 38.3 Å². The summed E-state index contributed by atoms with van der Waals surface area (Å²) in [6.45, 7) is 6.84. The summed E-state index contributed by atoms with van der Waals surface area (Å²) in [6, 6.07) is 15.4. The molecule has 3 rings (SSSR count). The van der Waals surface area contributed by atoms with Crippen LogP contribution in [-0.2, 0) is 26.2 Å². The number of anilines is 1. The van der Waals surface area contributed by atoms with Crippen LogP contribution >= 0.6 is 0 Å². The number of nitrogens with zero attached hydrogens (tertiary/aromatic N) is 2. The molecule has 3 aromatic carbocycles. The van der Waals surface area contributed by atoms with Crippen molar-refractivity contribution in [3.63, 3.8) is 0 Å². The third-order valence-electron chi connectivity index (χ3n) is 7.52. The Morgan fingerprint density at radius 2 is 1.44 bits per heavy atom. The second kappa shape index (κ2) is 15.5. The van der Waals surface area contributed by atoms with E-state index in [1.54, 1.807) is 19.1 Å². The molecule has 0 saturated carbocycles. The van der Waals surface area contributed by atoms with Gasteiger partial charge in [0.2, 0.25) is 11.8 Å². The Bertz CT molecular complexity index is 1580. The number of rotatable bonds is 15. The third kappa shape index (κ3) is 8.39. The summed E-state index contributed by atoms with van der Waals surface area (Å²) >= 11 is 0. The molecule has 12 heteroatoms. The van der Waals surface area contributed by atoms with Gasteiger partial charge in [-0.2, -0.15) is 0 Å². The number of carbonyl (C=O) groups is 2. The highest BCUT2D eigenvalue weighted by Gasteiger charge is 2.35. The van der Waals surface area contributed by atoms with Crippen molar-refractivity contribution in [2.45, 2.75) is 57.6 Å². The van der Waals surface area contributed by atoms with Crippen LogP contribution in [0.15, 0.2) is 65.6 Å². The van der Waals surface area contributed by atoms with E-state index in [4.69, 9.17) is 18.9 Å². The summed E-state index contributed by atoms with van der Waals surface area (Å²) in [7, 11) is 1.26. The van der Waals surface area contributed by atoms with Gasteiger partial charge >= 0.3 is 0 Å². The zero-order valence-corrected chi connectivity index (χ0v) is 27.9. The number of carbonyl (C=O) groups excluding carboxylic acids is 2. The highest BCUT2D eigenvalue weighted by molar-refractivity contribution is 7.92. The second-order valence-corrected chi connectivity index (χ2v) is 12.4. The van der Waals surface area contributed by atoms with E-state index in [9.17, 15) is 18.0 Å². The number of hydrogen-bond donors (Lipinski definition) is 1. The van der Waals surface area contributed by atoms with E-state index < -0.39 is 28.5 Å². The van der Waals surface area contributed by atoms with Crippen LogP contribution in [0.3, 0.4) is 0 Å². The Hall–Kier alpha value is -4.45. The van der Waals surface area contributed by atoms with Gasteiger partial charge in [-0.25, -0.2) is 8.42 Å². The van der Waals surface area contributed by atoms with Crippen molar-refractivity contribution in [3.8, 4) is 23.0 Å². The van der Waals surface area contributed by atoms with Gasteiger partial charge in [0.1, 0.15) is 24.1 Å². The number of nitrogens with one attached hydrogen (secondary N) is 1. The Kier molecular flexibility index (Phi) is 12.1. The predicted molar refractivity (Wildman–Crippen MR) is 173 cm³/mol. The van der Waals surface area contributed by atoms with Gasteiger partial charge in [-0.1, -0.05) is 36.8 Å². The topological polar surface area (TPSA) is 124 Å². The van der Waals surface area contributed by atoms with Gasteiger partial charge in [0.15, 0.2) is 11.5 Å². The minimum atomic E-state index is -4.43. The lowest BCUT2D eigenvalue weighted by Gasteiger charge is -2.33. The van der Waals surface area contributed by atoms with Crippen LogP contribution in [0.2, 0.25) is 0 Å². The molecule has 2 atom stereocenters. The van der Waals surface area contributed by atoms with Gasteiger partial charge in [0.05, 0.1) is 39.0 Å². The molecule has 244 valence electrons. The number of benzene rings is 3. The molecular formula is C33H43N3O8S. The molecule has 0 aliphatic carbocycles. The molecule has 2 amide bonds. The highest BCUT2D eigenvalue weighted by Crippen LogP contribution is 2.37. The highest BCUT2D eigenvalue weighted by atomic mass is 32.2. The third-order valence-corrected chi connectivity index (χ3v) is 9.27. The minimum Gasteiger partial charge on any atom is -0.497 e. The minimum absolute atomic E-state index is 0.0759. The van der Waals surface area contributed by atoms with Crippen LogP contribution < -0.4 is 28.6 Å². The van der Waals surface area contributed by atoms with Crippen LogP contribution in [0.25, 0.3) is 0 Å². The number of hydrogen-bond acceptors (Lipinski definition) is 8. The van der Waals surface area contributed by atoms with E-state index in [2.05, 4.69) is 5.32 Å². The normalized spacial score (nSPS) is 12.4. The van der Waals surface area contributed by atoms with Crippen LogP contribution in [-0.4, -0.2) is 72.2 Å². The zero-order chi connectivity index (χ0) is 33.3. The van der Waals surface area contributed by atoms with E-state index in [-0.39, 0.29) is 40.6 Å². The lowest BCUT2D eigenvalue weighted by molar-refractivity contribution is -0.139. The van der Waals surface area contributed by atoms with Gasteiger partial charge in [-0.3, -0.25) is 13.9 Å². The maximum atomic E-state index is 14.4. The molecule has 0 aliphatic heterocycles. The lowest BCUT2D eigenvalue weighted by Crippen LogP contribution is -2.52. The number of ether oxygens (including phenoxy) is 4. The SMILES string of the molecule is CCC(C)NC(=O)C(C)N(Cc1ccc(C)cc1)C(=O)CN(c1cc(OC)ccc1OC)S(=O)(=O)c1ccc(OC)c(OC)c1. The summed E-state index contributed by atoms with van der Waals surface area (Å²) in [5.41, 5.74) is 1.90. The molecule has 45 heavy (non-hydrogen) atoms. The summed E-state index contributed by atoms with van der Waals surface area (Å²) in [6.07, 6.45) is 0.706. The molecule has 0 saturated heterocycles. The monoisotopic (exact) mass is 641 g/mol. The van der Waals surface area contributed by atoms with E-state index in [0.717, 1.165) is 15.4 Å². The van der Waals surface area contributed by atoms with Crippen molar-refractivity contribution in [3.05, 3.63) is 71.8 Å². The first-order valence-corrected chi connectivity index (χ1v) is 16.0. The van der Waals surface area contributed by atoms with Crippen LogP contribution in [0, 0.1) is 6.92 Å². The maximum absolute atomic E-state index is 14.4. The van der Waals surface area contributed by atoms with E-state index >= 15 is 0 Å². The Morgan fingerprint density at radius 1 is 0.822 bits per heavy atom. The fourth-order valence-electron chi connectivity index (χ4n) is 4.55. The number of amides is 2. The Balaban J connectivity index is 2.16. The molecule has 3 aromatic rings. The van der Waals surface area contributed by atoms with Crippen molar-refractivity contribution >= 4 is 27.5 Å². The summed E-state index contributed by atoms with van der Waals surface area (Å²) in [4.78, 5) is 28.8. The van der Waals surface area contributed by atoms with Crippen molar-refractivity contribution in [2.75, 3.05) is 39.3 Å². The Labute approximate surface area is 266 Å². The fourth-order valence-corrected chi connectivity index (χ4v) is 5.98. The number of sulfonamides is 1. The molecule has 0 heterocycles. The van der Waals surface area contributed by atoms with Crippen molar-refractivity contribution in [2.24, 2.45) is 0 Å². The average molecular weight is 642 g/mol. The van der Waals surface area contributed by atoms with Gasteiger partial charge in [-0.15, -0.1) is 0 Å². The standard InChI is InChI=1S/C33H43N3O8S/c1-9-23(3)34-33(38)24(4)35(20-25-12-10-22(2)11-13-25)32(37)21-36(28-18-26(41-5)14-16-29(28)42-6)45(39,40)27-15-17-30(43-7)31(19-27)44-8/h10-19,23-24H,9,20-21H2,1-8H3,(H,34,38). The molecule has 0 fully saturated rings. The fraction of sp³-hybridized carbons (Fsp3) is 0.394.